The largest absolute Gasteiger partial charge is 0.461 e. The number of halogens is 5. The minimum atomic E-state index is -4.78. The average molecular weight is 432 g/mol. The first-order valence-electron chi connectivity index (χ1n) is 8.12. The summed E-state index contributed by atoms with van der Waals surface area (Å²) in [6.07, 6.45) is -5.36. The topological polar surface area (TPSA) is 47.9 Å². The van der Waals surface area contributed by atoms with Crippen LogP contribution in [0, 0.1) is 0 Å². The quantitative estimate of drug-likeness (QED) is 0.588. The number of oxime groups is 1. The smallest absolute Gasteiger partial charge is 0.435 e. The predicted octanol–water partition coefficient (Wildman–Crippen LogP) is 5.64. The molecular formula is C19H14Cl2F3NO3. The van der Waals surface area contributed by atoms with Crippen molar-refractivity contribution in [1.82, 2.24) is 0 Å². The molecule has 3 rings (SSSR count). The Bertz CT molecular complexity index is 926. The Labute approximate surface area is 168 Å². The van der Waals surface area contributed by atoms with Crippen LogP contribution in [-0.2, 0) is 26.6 Å². The molecule has 0 saturated carbocycles. The Hall–Kier alpha value is -2.25. The molecule has 0 spiro atoms. The maximum Gasteiger partial charge on any atom is 0.435 e. The van der Waals surface area contributed by atoms with Crippen LogP contribution in [-0.4, -0.2) is 17.9 Å². The summed E-state index contributed by atoms with van der Waals surface area (Å²) in [5, 5.41) is 3.83. The first-order valence-corrected chi connectivity index (χ1v) is 8.88. The molecule has 148 valence electrons. The van der Waals surface area contributed by atoms with Gasteiger partial charge in [0.25, 0.3) is 5.60 Å². The zero-order valence-electron chi connectivity index (χ0n) is 14.5. The molecule has 0 amide bonds. The van der Waals surface area contributed by atoms with Gasteiger partial charge in [0.15, 0.2) is 0 Å². The molecule has 9 heteroatoms. The van der Waals surface area contributed by atoms with Gasteiger partial charge in [-0.05, 0) is 23.8 Å². The van der Waals surface area contributed by atoms with Crippen molar-refractivity contribution in [1.29, 1.82) is 0 Å². The fourth-order valence-corrected chi connectivity index (χ4v) is 3.47. The Balaban J connectivity index is 2.00. The van der Waals surface area contributed by atoms with Gasteiger partial charge in [0.05, 0.1) is 5.71 Å². The Morgan fingerprint density at radius 2 is 1.86 bits per heavy atom. The summed E-state index contributed by atoms with van der Waals surface area (Å²) in [5.41, 5.74) is -1.96. The van der Waals surface area contributed by atoms with Gasteiger partial charge in [0.1, 0.15) is 6.61 Å². The van der Waals surface area contributed by atoms with E-state index in [0.717, 1.165) is 12.1 Å². The molecule has 0 N–H and O–H groups in total. The standard InChI is InChI=1S/C19H14Cl2F3NO3/c1-11(26)27-10-12-4-2-3-5-16(12)17-9-18(28-25-17,19(22,23)24)13-6-14(20)8-15(21)7-13/h2-8H,9-10H2,1H3. The van der Waals surface area contributed by atoms with Crippen molar-refractivity contribution >= 4 is 34.9 Å². The Morgan fingerprint density at radius 3 is 2.46 bits per heavy atom. The summed E-state index contributed by atoms with van der Waals surface area (Å²) >= 11 is 11.8. The fourth-order valence-electron chi connectivity index (χ4n) is 2.94. The van der Waals surface area contributed by atoms with Gasteiger partial charge in [-0.3, -0.25) is 4.79 Å². The van der Waals surface area contributed by atoms with Crippen LogP contribution in [0.1, 0.15) is 30.0 Å². The van der Waals surface area contributed by atoms with Crippen molar-refractivity contribution < 1.29 is 27.5 Å². The molecule has 4 nitrogen and oxygen atoms in total. The van der Waals surface area contributed by atoms with Crippen LogP contribution >= 0.6 is 23.2 Å². The summed E-state index contributed by atoms with van der Waals surface area (Å²) in [4.78, 5) is 16.1. The van der Waals surface area contributed by atoms with Crippen molar-refractivity contribution in [2.24, 2.45) is 5.16 Å². The van der Waals surface area contributed by atoms with E-state index >= 15 is 0 Å². The van der Waals surface area contributed by atoms with Gasteiger partial charge in [0, 0.05) is 34.5 Å². The number of benzene rings is 2. The lowest BCUT2D eigenvalue weighted by Gasteiger charge is -2.29. The Kier molecular flexibility index (Phi) is 5.59. The number of rotatable bonds is 4. The second-order valence-electron chi connectivity index (χ2n) is 6.23. The van der Waals surface area contributed by atoms with Crippen LogP contribution in [0.5, 0.6) is 0 Å². The van der Waals surface area contributed by atoms with Gasteiger partial charge < -0.3 is 9.57 Å². The number of alkyl halides is 3. The number of esters is 1. The molecule has 0 aliphatic carbocycles. The lowest BCUT2D eigenvalue weighted by atomic mass is 9.86. The van der Waals surface area contributed by atoms with E-state index in [1.54, 1.807) is 24.3 Å². The summed E-state index contributed by atoms with van der Waals surface area (Å²) < 4.78 is 47.1. The predicted molar refractivity (Wildman–Crippen MR) is 98.3 cm³/mol. The third-order valence-electron chi connectivity index (χ3n) is 4.27. The zero-order valence-corrected chi connectivity index (χ0v) is 16.0. The first-order chi connectivity index (χ1) is 13.1. The average Bonchev–Trinajstić information content (AvgIpc) is 3.06. The highest BCUT2D eigenvalue weighted by molar-refractivity contribution is 6.34. The number of hydrogen-bond acceptors (Lipinski definition) is 4. The first kappa shape index (κ1) is 20.5. The maximum atomic E-state index is 14.1. The van der Waals surface area contributed by atoms with E-state index in [-0.39, 0.29) is 27.9 Å². The summed E-state index contributed by atoms with van der Waals surface area (Å²) in [6, 6.07) is 10.2. The van der Waals surface area contributed by atoms with Crippen molar-refractivity contribution in [3.05, 3.63) is 69.2 Å². The zero-order chi connectivity index (χ0) is 20.5. The van der Waals surface area contributed by atoms with Crippen LogP contribution in [0.2, 0.25) is 10.0 Å². The molecule has 1 aliphatic rings. The molecule has 2 aromatic rings. The molecule has 0 fully saturated rings. The highest BCUT2D eigenvalue weighted by atomic mass is 35.5. The third kappa shape index (κ3) is 3.95. The van der Waals surface area contributed by atoms with Crippen molar-refractivity contribution in [2.75, 3.05) is 0 Å². The van der Waals surface area contributed by atoms with Gasteiger partial charge in [0.2, 0.25) is 0 Å². The second kappa shape index (κ2) is 7.64. The number of hydrogen-bond donors (Lipinski definition) is 0. The van der Waals surface area contributed by atoms with E-state index in [1.807, 2.05) is 0 Å². The van der Waals surface area contributed by atoms with E-state index in [0.29, 0.717) is 11.1 Å². The molecule has 0 aromatic heterocycles. The van der Waals surface area contributed by atoms with Gasteiger partial charge in [-0.1, -0.05) is 52.6 Å². The molecule has 1 heterocycles. The minimum absolute atomic E-state index is 0.0541. The van der Waals surface area contributed by atoms with Crippen LogP contribution in [0.3, 0.4) is 0 Å². The van der Waals surface area contributed by atoms with Crippen molar-refractivity contribution in [3.63, 3.8) is 0 Å². The molecule has 0 saturated heterocycles. The third-order valence-corrected chi connectivity index (χ3v) is 4.71. The normalized spacial score (nSPS) is 19.1. The molecule has 2 aromatic carbocycles. The van der Waals surface area contributed by atoms with Crippen LogP contribution in [0.25, 0.3) is 0 Å². The van der Waals surface area contributed by atoms with E-state index in [2.05, 4.69) is 5.16 Å². The summed E-state index contributed by atoms with van der Waals surface area (Å²) in [5.74, 6) is -0.502. The molecule has 1 atom stereocenters. The fraction of sp³-hybridized carbons (Fsp3) is 0.263. The van der Waals surface area contributed by atoms with Crippen LogP contribution in [0.4, 0.5) is 13.2 Å². The number of carbonyl (C=O) groups excluding carboxylic acids is 1. The highest BCUT2D eigenvalue weighted by Gasteiger charge is 2.62. The number of ether oxygens (including phenoxy) is 1. The van der Waals surface area contributed by atoms with Gasteiger partial charge >= 0.3 is 12.1 Å². The number of nitrogens with zero attached hydrogens (tertiary/aromatic N) is 1. The van der Waals surface area contributed by atoms with Crippen molar-refractivity contribution in [3.8, 4) is 0 Å². The second-order valence-corrected chi connectivity index (χ2v) is 7.10. The number of carbonyl (C=O) groups is 1. The van der Waals surface area contributed by atoms with Crippen molar-refractivity contribution in [2.45, 2.75) is 31.7 Å². The van der Waals surface area contributed by atoms with Gasteiger partial charge in [-0.25, -0.2) is 0 Å². The van der Waals surface area contributed by atoms with Gasteiger partial charge in [-0.2, -0.15) is 13.2 Å². The van der Waals surface area contributed by atoms with Crippen LogP contribution in [0.15, 0.2) is 47.6 Å². The molecular weight excluding hydrogens is 418 g/mol. The molecule has 1 aliphatic heterocycles. The van der Waals surface area contributed by atoms with E-state index < -0.39 is 24.2 Å². The maximum absolute atomic E-state index is 14.1. The SMILES string of the molecule is CC(=O)OCc1ccccc1C1=NOC(c2cc(Cl)cc(Cl)c2)(C(F)(F)F)C1. The van der Waals surface area contributed by atoms with E-state index in [9.17, 15) is 18.0 Å². The molecule has 0 radical (unpaired) electrons. The monoisotopic (exact) mass is 431 g/mol. The summed E-state index contributed by atoms with van der Waals surface area (Å²) in [7, 11) is 0. The summed E-state index contributed by atoms with van der Waals surface area (Å²) in [6.45, 7) is 1.16. The lowest BCUT2D eigenvalue weighted by molar-refractivity contribution is -0.275. The molecule has 1 unspecified atom stereocenters. The Morgan fingerprint density at radius 1 is 1.21 bits per heavy atom. The minimum Gasteiger partial charge on any atom is -0.461 e. The van der Waals surface area contributed by atoms with Gasteiger partial charge in [-0.15, -0.1) is 0 Å². The highest BCUT2D eigenvalue weighted by Crippen LogP contribution is 2.49. The van der Waals surface area contributed by atoms with Crippen LogP contribution < -0.4 is 0 Å². The molecule has 0 bridgehead atoms. The van der Waals surface area contributed by atoms with E-state index in [1.165, 1.54) is 13.0 Å². The lowest BCUT2D eigenvalue weighted by Crippen LogP contribution is -2.42. The molecule has 28 heavy (non-hydrogen) atoms. The van der Waals surface area contributed by atoms with E-state index in [4.69, 9.17) is 32.8 Å².